The number of rotatable bonds is 19. The molecule has 0 aromatic heterocycles. The van der Waals surface area contributed by atoms with E-state index in [1.165, 1.54) is 13.8 Å². The lowest BCUT2D eigenvalue weighted by atomic mass is 9.93. The number of ether oxygens (including phenoxy) is 13. The summed E-state index contributed by atoms with van der Waals surface area (Å²) in [6, 6.07) is -3.56. The van der Waals surface area contributed by atoms with Crippen LogP contribution in [0.1, 0.15) is 27.7 Å². The minimum Gasteiger partial charge on any atom is -0.394 e. The third kappa shape index (κ3) is 14.5. The van der Waals surface area contributed by atoms with Gasteiger partial charge >= 0.3 is 0 Å². The predicted molar refractivity (Wildman–Crippen MR) is 252 cm³/mol. The summed E-state index contributed by atoms with van der Waals surface area (Å²) >= 11 is 0. The topological polar surface area (TPSA) is 563 Å². The maximum absolute atomic E-state index is 12.9. The van der Waals surface area contributed by atoms with Crippen LogP contribution in [0.15, 0.2) is 0 Å². The van der Waals surface area contributed by atoms with Crippen molar-refractivity contribution < 1.29 is 168 Å². The number of aliphatic hydroxyl groups excluding tert-OH is 19. The molecule has 0 aliphatic carbocycles. The normalized spacial score (nSPS) is 51.3. The molecule has 0 aromatic carbocycles. The largest absolute Gasteiger partial charge is 0.394 e. The van der Waals surface area contributed by atoms with Crippen molar-refractivity contribution in [1.29, 1.82) is 0 Å². The lowest BCUT2D eigenvalue weighted by Crippen LogP contribution is -2.71. The SMILES string of the molecule is CC(=O)N[C@@H]1[C@@H](O[C@@H]2O[C@@H](C)[C@@H](O)[C@@H](O)[C@@H]2O)[C@H](O[C@@H]2O[C@H](CO)[C@@H](O[C@@H]3O[C@H](CO[C@H]4O[C@H](CO)[C@@H](O)[C@H](O[C@H]5O[C@H](CO)[C@@H](O)[C@H](O)[C@@H]5O)[C@@H]4O)[C@@H](O)[C@H](O)[C@@H]3O)[C@H](O)[C@H]2NC(C)=O)[C@@H](CO[C@@H]2O[C@@H](C)[C@@H](O)[C@@H](O)[C@@H]2O)O[C@H]1O. The van der Waals surface area contributed by atoms with Gasteiger partial charge in [-0.3, -0.25) is 9.59 Å². The minimum absolute atomic E-state index is 0.811. The number of carbonyl (C=O) groups is 2. The molecule has 82 heavy (non-hydrogen) atoms. The summed E-state index contributed by atoms with van der Waals surface area (Å²) in [4.78, 5) is 25.6. The Morgan fingerprint density at radius 2 is 0.720 bits per heavy atom. The van der Waals surface area contributed by atoms with E-state index in [-0.39, 0.29) is 0 Å². The Kier molecular flexibility index (Phi) is 23.5. The summed E-state index contributed by atoms with van der Waals surface area (Å²) in [5.74, 6) is -1.69. The first-order valence-electron chi connectivity index (χ1n) is 26.3. The predicted octanol–water partition coefficient (Wildman–Crippen LogP) is -13.9. The standard InChI is InChI=1S/C46H78N2O34/c1-10-21(54)27(60)31(64)42(72-10)71-9-18-37(38(20(40(69)74-18)48-13(4)53)81-44-32(65)28(61)22(55)11(2)73-44)80-41-19(47-12(3)52)26(59)36(16(7-51)77-41)79-46-34(67)30(63)24(57)17(78-46)8-70-43-35(68)39(25(58)15(6-50)75-43)82-45-33(66)29(62)23(56)14(5-49)76-45/h10-11,14-46,49-51,54-69H,5-9H2,1-4H3,(H,47,52)(H,48,53)/t10-,11-,14+,15+,16+,17+,18+,19+,20+,21+,22+,23+,24+,25+,26+,27+,28+,29-,30-,31-,32-,33-,34-,35-,36+,37+,38+,39-,40+,41-,42+,43-,44-,45+,46-/m0/s1. The van der Waals surface area contributed by atoms with E-state index in [0.29, 0.717) is 0 Å². The van der Waals surface area contributed by atoms with Crippen LogP contribution in [0.5, 0.6) is 0 Å². The number of hydrogen-bond acceptors (Lipinski definition) is 34. The van der Waals surface area contributed by atoms with E-state index in [9.17, 15) is 107 Å². The zero-order chi connectivity index (χ0) is 60.5. The average molecular weight is 1200 g/mol. The third-order valence-electron chi connectivity index (χ3n) is 15.2. The Morgan fingerprint density at radius 1 is 0.341 bits per heavy atom. The minimum atomic E-state index is -2.19. The van der Waals surface area contributed by atoms with Crippen LogP contribution in [-0.2, 0) is 71.2 Å². The molecule has 2 amide bonds. The molecule has 0 saturated carbocycles. The molecule has 0 unspecified atom stereocenters. The quantitative estimate of drug-likeness (QED) is 0.0571. The molecule has 7 aliphatic rings. The van der Waals surface area contributed by atoms with Crippen LogP contribution in [0.4, 0.5) is 0 Å². The molecular weight excluding hydrogens is 1120 g/mol. The van der Waals surface area contributed by atoms with E-state index >= 15 is 0 Å². The van der Waals surface area contributed by atoms with Crippen LogP contribution in [0, 0.1) is 0 Å². The zero-order valence-electron chi connectivity index (χ0n) is 44.4. The number of nitrogens with one attached hydrogen (secondary N) is 2. The summed E-state index contributed by atoms with van der Waals surface area (Å²) in [5, 5.41) is 209. The molecule has 7 aliphatic heterocycles. The lowest BCUT2D eigenvalue weighted by Gasteiger charge is -2.51. The van der Waals surface area contributed by atoms with Crippen LogP contribution in [0.25, 0.3) is 0 Å². The number of aliphatic hydroxyl groups is 19. The van der Waals surface area contributed by atoms with Gasteiger partial charge in [0.2, 0.25) is 11.8 Å². The van der Waals surface area contributed by atoms with E-state index in [1.807, 2.05) is 0 Å². The van der Waals surface area contributed by atoms with Gasteiger partial charge in [-0.2, -0.15) is 0 Å². The second-order valence-electron chi connectivity index (χ2n) is 21.1. The number of carbonyl (C=O) groups excluding carboxylic acids is 2. The molecule has 36 heteroatoms. The summed E-state index contributed by atoms with van der Waals surface area (Å²) in [6.07, 6.45) is -60.9. The van der Waals surface area contributed by atoms with Crippen LogP contribution in [0.3, 0.4) is 0 Å². The molecule has 7 rings (SSSR count). The maximum Gasteiger partial charge on any atom is 0.217 e. The Hall–Kier alpha value is -2.34. The molecule has 7 fully saturated rings. The van der Waals surface area contributed by atoms with Crippen molar-refractivity contribution >= 4 is 11.8 Å². The molecule has 0 aromatic rings. The highest BCUT2D eigenvalue weighted by molar-refractivity contribution is 5.73. The maximum atomic E-state index is 12.9. The van der Waals surface area contributed by atoms with Crippen molar-refractivity contribution in [2.24, 2.45) is 0 Å². The van der Waals surface area contributed by atoms with Gasteiger partial charge < -0.3 is 169 Å². The molecular formula is C46H78N2O34. The fourth-order valence-corrected chi connectivity index (χ4v) is 10.5. The first-order chi connectivity index (χ1) is 38.6. The van der Waals surface area contributed by atoms with Gasteiger partial charge in [0, 0.05) is 13.8 Å². The van der Waals surface area contributed by atoms with Crippen molar-refractivity contribution in [2.75, 3.05) is 33.0 Å². The van der Waals surface area contributed by atoms with Crippen LogP contribution in [0.2, 0.25) is 0 Å². The van der Waals surface area contributed by atoms with Crippen LogP contribution in [-0.4, -0.2) is 357 Å². The molecule has 21 N–H and O–H groups in total. The van der Waals surface area contributed by atoms with Crippen LogP contribution < -0.4 is 10.6 Å². The Bertz CT molecular complexity index is 2030. The molecule has 0 bridgehead atoms. The van der Waals surface area contributed by atoms with E-state index < -0.39 is 260 Å². The van der Waals surface area contributed by atoms with Crippen LogP contribution >= 0.6 is 0 Å². The lowest BCUT2D eigenvalue weighted by molar-refractivity contribution is -0.380. The van der Waals surface area contributed by atoms with E-state index in [2.05, 4.69) is 10.6 Å². The van der Waals surface area contributed by atoms with E-state index in [1.54, 1.807) is 0 Å². The average Bonchev–Trinajstić information content (AvgIpc) is 3.52. The van der Waals surface area contributed by atoms with Crippen molar-refractivity contribution in [3.05, 3.63) is 0 Å². The first-order valence-corrected chi connectivity index (χ1v) is 26.3. The number of hydrogen-bond donors (Lipinski definition) is 21. The molecule has 7 heterocycles. The smallest absolute Gasteiger partial charge is 0.217 e. The van der Waals surface area contributed by atoms with Crippen molar-refractivity contribution in [3.8, 4) is 0 Å². The second-order valence-corrected chi connectivity index (χ2v) is 21.1. The molecule has 36 nitrogen and oxygen atoms in total. The Morgan fingerprint density at radius 3 is 1.26 bits per heavy atom. The van der Waals surface area contributed by atoms with E-state index in [0.717, 1.165) is 13.8 Å². The fraction of sp³-hybridized carbons (Fsp3) is 0.957. The van der Waals surface area contributed by atoms with Gasteiger partial charge in [-0.05, 0) is 13.8 Å². The highest BCUT2D eigenvalue weighted by Gasteiger charge is 2.58. The van der Waals surface area contributed by atoms with E-state index in [4.69, 9.17) is 61.6 Å². The Labute approximate surface area is 465 Å². The number of amides is 2. The first kappa shape index (κ1) is 67.2. The summed E-state index contributed by atoms with van der Waals surface area (Å²) in [6.45, 7) is 0.0793. The van der Waals surface area contributed by atoms with Gasteiger partial charge in [-0.25, -0.2) is 0 Å². The van der Waals surface area contributed by atoms with Crippen molar-refractivity contribution in [1.82, 2.24) is 10.6 Å². The third-order valence-corrected chi connectivity index (χ3v) is 15.2. The fourth-order valence-electron chi connectivity index (χ4n) is 10.5. The van der Waals surface area contributed by atoms with Gasteiger partial charge in [0.25, 0.3) is 0 Å². The molecule has 0 spiro atoms. The summed E-state index contributed by atoms with van der Waals surface area (Å²) < 4.78 is 75.3. The zero-order valence-corrected chi connectivity index (χ0v) is 44.4. The van der Waals surface area contributed by atoms with Gasteiger partial charge in [0.15, 0.2) is 44.0 Å². The van der Waals surface area contributed by atoms with Gasteiger partial charge in [-0.15, -0.1) is 0 Å². The van der Waals surface area contributed by atoms with Crippen molar-refractivity contribution in [3.63, 3.8) is 0 Å². The monoisotopic (exact) mass is 1200 g/mol. The Balaban J connectivity index is 1.12. The summed E-state index contributed by atoms with van der Waals surface area (Å²) in [7, 11) is 0. The summed E-state index contributed by atoms with van der Waals surface area (Å²) in [5.41, 5.74) is 0. The highest BCUT2D eigenvalue weighted by atomic mass is 16.8. The van der Waals surface area contributed by atoms with Gasteiger partial charge in [-0.1, -0.05) is 0 Å². The highest BCUT2D eigenvalue weighted by Crippen LogP contribution is 2.37. The molecule has 0 radical (unpaired) electrons. The second kappa shape index (κ2) is 28.7. The van der Waals surface area contributed by atoms with Gasteiger partial charge in [0.1, 0.15) is 159 Å². The molecule has 476 valence electrons. The molecule has 35 atom stereocenters. The molecule has 7 saturated heterocycles. The van der Waals surface area contributed by atoms with Gasteiger partial charge in [0.05, 0.1) is 45.2 Å². The van der Waals surface area contributed by atoms with Crippen molar-refractivity contribution in [2.45, 2.75) is 243 Å².